The van der Waals surface area contributed by atoms with Gasteiger partial charge in [0.15, 0.2) is 0 Å². The smallest absolute Gasteiger partial charge is 0.0558 e. The van der Waals surface area contributed by atoms with Gasteiger partial charge in [0.25, 0.3) is 0 Å². The van der Waals surface area contributed by atoms with Crippen LogP contribution in [0.25, 0.3) is 0 Å². The van der Waals surface area contributed by atoms with E-state index in [1.54, 1.807) is 0 Å². The van der Waals surface area contributed by atoms with Gasteiger partial charge in [-0.1, -0.05) is 6.07 Å². The number of aliphatic hydroxyl groups excluding tert-OH is 1. The lowest BCUT2D eigenvalue weighted by molar-refractivity contribution is 0.183. The molecular weight excluding hydrogens is 188 g/mol. The van der Waals surface area contributed by atoms with E-state index in [-0.39, 0.29) is 6.61 Å². The van der Waals surface area contributed by atoms with Crippen molar-refractivity contribution < 1.29 is 5.11 Å². The van der Waals surface area contributed by atoms with Gasteiger partial charge in [0.1, 0.15) is 0 Å². The highest BCUT2D eigenvalue weighted by Crippen LogP contribution is 2.29. The van der Waals surface area contributed by atoms with Crippen LogP contribution in [0.4, 0.5) is 0 Å². The SMILES string of the molecule is OCCN(Cc1ccccn1)CC1CC1. The van der Waals surface area contributed by atoms with E-state index in [1.165, 1.54) is 12.8 Å². The van der Waals surface area contributed by atoms with Crippen molar-refractivity contribution in [2.75, 3.05) is 19.7 Å². The number of pyridine rings is 1. The van der Waals surface area contributed by atoms with Gasteiger partial charge < -0.3 is 5.11 Å². The lowest BCUT2D eigenvalue weighted by Crippen LogP contribution is -2.28. The van der Waals surface area contributed by atoms with Crippen LogP contribution in [0.2, 0.25) is 0 Å². The number of nitrogens with zero attached hydrogens (tertiary/aromatic N) is 2. The Kier molecular flexibility index (Phi) is 3.69. The summed E-state index contributed by atoms with van der Waals surface area (Å²) in [5, 5.41) is 8.99. The molecule has 1 heterocycles. The van der Waals surface area contributed by atoms with E-state index >= 15 is 0 Å². The summed E-state index contributed by atoms with van der Waals surface area (Å²) >= 11 is 0. The topological polar surface area (TPSA) is 36.4 Å². The molecule has 1 N–H and O–H groups in total. The molecule has 1 aliphatic carbocycles. The lowest BCUT2D eigenvalue weighted by atomic mass is 10.3. The van der Waals surface area contributed by atoms with Crippen LogP contribution in [-0.4, -0.2) is 34.7 Å². The van der Waals surface area contributed by atoms with Crippen LogP contribution in [0.5, 0.6) is 0 Å². The zero-order chi connectivity index (χ0) is 10.5. The Morgan fingerprint density at radius 3 is 2.87 bits per heavy atom. The molecule has 0 saturated heterocycles. The summed E-state index contributed by atoms with van der Waals surface area (Å²) in [4.78, 5) is 6.60. The van der Waals surface area contributed by atoms with Gasteiger partial charge in [0.05, 0.1) is 12.3 Å². The Labute approximate surface area is 90.8 Å². The summed E-state index contributed by atoms with van der Waals surface area (Å²) in [5.41, 5.74) is 1.09. The van der Waals surface area contributed by atoms with Gasteiger partial charge in [0, 0.05) is 25.8 Å². The maximum atomic E-state index is 8.99. The summed E-state index contributed by atoms with van der Waals surface area (Å²) in [6.07, 6.45) is 4.53. The molecule has 0 spiro atoms. The highest BCUT2D eigenvalue weighted by Gasteiger charge is 2.24. The Bertz CT molecular complexity index is 285. The first-order valence-corrected chi connectivity index (χ1v) is 5.61. The van der Waals surface area contributed by atoms with E-state index in [4.69, 9.17) is 5.11 Å². The number of hydrogen-bond acceptors (Lipinski definition) is 3. The predicted octanol–water partition coefficient (Wildman–Crippen LogP) is 1.29. The van der Waals surface area contributed by atoms with Crippen LogP contribution in [0.15, 0.2) is 24.4 Å². The van der Waals surface area contributed by atoms with Crippen molar-refractivity contribution in [3.63, 3.8) is 0 Å². The van der Waals surface area contributed by atoms with Gasteiger partial charge in [0.2, 0.25) is 0 Å². The van der Waals surface area contributed by atoms with Crippen molar-refractivity contribution in [2.45, 2.75) is 19.4 Å². The van der Waals surface area contributed by atoms with Gasteiger partial charge in [-0.25, -0.2) is 0 Å². The van der Waals surface area contributed by atoms with Crippen molar-refractivity contribution >= 4 is 0 Å². The summed E-state index contributed by atoms with van der Waals surface area (Å²) in [6.45, 7) is 2.96. The van der Waals surface area contributed by atoms with Gasteiger partial charge in [-0.3, -0.25) is 9.88 Å². The van der Waals surface area contributed by atoms with Gasteiger partial charge in [-0.2, -0.15) is 0 Å². The summed E-state index contributed by atoms with van der Waals surface area (Å²) in [5.74, 6) is 0.861. The molecule has 0 unspecified atom stereocenters. The minimum absolute atomic E-state index is 0.236. The third-order valence-corrected chi connectivity index (χ3v) is 2.74. The van der Waals surface area contributed by atoms with Gasteiger partial charge >= 0.3 is 0 Å². The van der Waals surface area contributed by atoms with E-state index < -0.39 is 0 Å². The molecule has 2 rings (SSSR count). The van der Waals surface area contributed by atoms with Crippen molar-refractivity contribution in [1.82, 2.24) is 9.88 Å². The molecule has 15 heavy (non-hydrogen) atoms. The molecule has 3 heteroatoms. The molecular formula is C12H18N2O. The van der Waals surface area contributed by atoms with Gasteiger partial charge in [-0.15, -0.1) is 0 Å². The van der Waals surface area contributed by atoms with Crippen molar-refractivity contribution in [3.05, 3.63) is 30.1 Å². The fourth-order valence-corrected chi connectivity index (χ4v) is 1.76. The molecule has 1 aliphatic rings. The normalized spacial score (nSPS) is 15.9. The molecule has 0 bridgehead atoms. The minimum atomic E-state index is 0.236. The first kappa shape index (κ1) is 10.6. The fraction of sp³-hybridized carbons (Fsp3) is 0.583. The van der Waals surface area contributed by atoms with Crippen LogP contribution in [0, 0.1) is 5.92 Å². The maximum Gasteiger partial charge on any atom is 0.0558 e. The number of aliphatic hydroxyl groups is 1. The molecule has 0 radical (unpaired) electrons. The molecule has 82 valence electrons. The standard InChI is InChI=1S/C12H18N2O/c15-8-7-14(9-11-4-5-11)10-12-3-1-2-6-13-12/h1-3,6,11,15H,4-5,7-10H2. The van der Waals surface area contributed by atoms with Crippen LogP contribution in [0.3, 0.4) is 0 Å². The molecule has 0 atom stereocenters. The summed E-state index contributed by atoms with van der Waals surface area (Å²) in [7, 11) is 0. The number of rotatable bonds is 6. The Morgan fingerprint density at radius 2 is 2.27 bits per heavy atom. The van der Waals surface area contributed by atoms with E-state index in [1.807, 2.05) is 24.4 Å². The second kappa shape index (κ2) is 5.24. The third-order valence-electron chi connectivity index (χ3n) is 2.74. The molecule has 3 nitrogen and oxygen atoms in total. The van der Waals surface area contributed by atoms with E-state index in [9.17, 15) is 0 Å². The first-order chi connectivity index (χ1) is 7.38. The molecule has 0 amide bonds. The van der Waals surface area contributed by atoms with Gasteiger partial charge in [-0.05, 0) is 30.9 Å². The molecule has 0 aliphatic heterocycles. The Hall–Kier alpha value is -0.930. The maximum absolute atomic E-state index is 8.99. The fourth-order valence-electron chi connectivity index (χ4n) is 1.76. The van der Waals surface area contributed by atoms with Crippen LogP contribution >= 0.6 is 0 Å². The summed E-state index contributed by atoms with van der Waals surface area (Å²) < 4.78 is 0. The highest BCUT2D eigenvalue weighted by atomic mass is 16.3. The van der Waals surface area contributed by atoms with Crippen LogP contribution in [0.1, 0.15) is 18.5 Å². The molecule has 0 aromatic carbocycles. The van der Waals surface area contributed by atoms with Crippen molar-refractivity contribution in [2.24, 2.45) is 5.92 Å². The lowest BCUT2D eigenvalue weighted by Gasteiger charge is -2.20. The predicted molar refractivity (Wildman–Crippen MR) is 59.3 cm³/mol. The largest absolute Gasteiger partial charge is 0.395 e. The van der Waals surface area contributed by atoms with Crippen molar-refractivity contribution in [1.29, 1.82) is 0 Å². The zero-order valence-electron chi connectivity index (χ0n) is 8.97. The van der Waals surface area contributed by atoms with E-state index in [2.05, 4.69) is 9.88 Å². The minimum Gasteiger partial charge on any atom is -0.395 e. The van der Waals surface area contributed by atoms with E-state index in [0.717, 1.165) is 31.2 Å². The highest BCUT2D eigenvalue weighted by molar-refractivity contribution is 5.03. The number of hydrogen-bond donors (Lipinski definition) is 1. The molecule has 1 saturated carbocycles. The number of aromatic nitrogens is 1. The van der Waals surface area contributed by atoms with Crippen molar-refractivity contribution in [3.8, 4) is 0 Å². The quantitative estimate of drug-likeness (QED) is 0.762. The van der Waals surface area contributed by atoms with E-state index in [0.29, 0.717) is 0 Å². The Morgan fingerprint density at radius 1 is 1.40 bits per heavy atom. The van der Waals surface area contributed by atoms with Crippen LogP contribution < -0.4 is 0 Å². The second-order valence-electron chi connectivity index (χ2n) is 4.22. The van der Waals surface area contributed by atoms with Crippen LogP contribution in [-0.2, 0) is 6.54 Å². The Balaban J connectivity index is 1.87. The first-order valence-electron chi connectivity index (χ1n) is 5.61. The third kappa shape index (κ3) is 3.61. The monoisotopic (exact) mass is 206 g/mol. The molecule has 1 aromatic heterocycles. The average molecular weight is 206 g/mol. The molecule has 1 fully saturated rings. The summed E-state index contributed by atoms with van der Waals surface area (Å²) in [6, 6.07) is 5.98. The second-order valence-corrected chi connectivity index (χ2v) is 4.22. The zero-order valence-corrected chi connectivity index (χ0v) is 8.97. The molecule has 1 aromatic rings. The average Bonchev–Trinajstić information content (AvgIpc) is 3.03.